The maximum atomic E-state index is 11.7. The van der Waals surface area contributed by atoms with Crippen molar-refractivity contribution < 1.29 is 9.53 Å². The highest BCUT2D eigenvalue weighted by Gasteiger charge is 2.16. The number of amides is 1. The molecule has 0 spiro atoms. The van der Waals surface area contributed by atoms with Gasteiger partial charge in [0.1, 0.15) is 5.60 Å². The van der Waals surface area contributed by atoms with Gasteiger partial charge < -0.3 is 4.74 Å². The van der Waals surface area contributed by atoms with Crippen LogP contribution >= 0.6 is 23.2 Å². The first-order valence-electron chi connectivity index (χ1n) is 6.53. The summed E-state index contributed by atoms with van der Waals surface area (Å²) < 4.78 is 5.18. The molecule has 0 bridgehead atoms. The SMILES string of the molecule is CC(C)(C)OC(=O)Nc1ccc(-c2nc(Cl)ncc2Cl)cc1. The van der Waals surface area contributed by atoms with E-state index in [9.17, 15) is 4.79 Å². The molecule has 0 aliphatic rings. The molecule has 0 fully saturated rings. The van der Waals surface area contributed by atoms with Crippen LogP contribution in [0.2, 0.25) is 10.3 Å². The lowest BCUT2D eigenvalue weighted by molar-refractivity contribution is 0.0636. The van der Waals surface area contributed by atoms with Crippen molar-refractivity contribution in [3.05, 3.63) is 40.8 Å². The fourth-order valence-corrected chi connectivity index (χ4v) is 2.01. The number of anilines is 1. The van der Waals surface area contributed by atoms with Crippen LogP contribution in [0, 0.1) is 0 Å². The van der Waals surface area contributed by atoms with Crippen LogP contribution in [-0.4, -0.2) is 21.7 Å². The molecule has 7 heteroatoms. The summed E-state index contributed by atoms with van der Waals surface area (Å²) in [5.41, 5.74) is 1.36. The number of hydrogen-bond acceptors (Lipinski definition) is 4. The Morgan fingerprint density at radius 1 is 1.18 bits per heavy atom. The van der Waals surface area contributed by atoms with Gasteiger partial charge in [-0.2, -0.15) is 0 Å². The third-order valence-corrected chi connectivity index (χ3v) is 2.98. The Morgan fingerprint density at radius 3 is 2.41 bits per heavy atom. The zero-order valence-corrected chi connectivity index (χ0v) is 13.9. The molecular formula is C15H15Cl2N3O2. The van der Waals surface area contributed by atoms with Crippen LogP contribution in [0.25, 0.3) is 11.3 Å². The summed E-state index contributed by atoms with van der Waals surface area (Å²) in [7, 11) is 0. The minimum Gasteiger partial charge on any atom is -0.444 e. The van der Waals surface area contributed by atoms with E-state index in [2.05, 4.69) is 15.3 Å². The number of carbonyl (C=O) groups excluding carboxylic acids is 1. The van der Waals surface area contributed by atoms with Crippen LogP contribution in [0.1, 0.15) is 20.8 Å². The van der Waals surface area contributed by atoms with Crippen LogP contribution in [0.5, 0.6) is 0 Å². The minimum absolute atomic E-state index is 0.121. The van der Waals surface area contributed by atoms with Crippen molar-refractivity contribution >= 4 is 35.0 Å². The van der Waals surface area contributed by atoms with Gasteiger partial charge in [-0.25, -0.2) is 14.8 Å². The molecule has 116 valence electrons. The quantitative estimate of drug-likeness (QED) is 0.798. The van der Waals surface area contributed by atoms with Crippen LogP contribution in [-0.2, 0) is 4.74 Å². The number of hydrogen-bond donors (Lipinski definition) is 1. The van der Waals surface area contributed by atoms with Crippen molar-refractivity contribution in [2.45, 2.75) is 26.4 Å². The van der Waals surface area contributed by atoms with Gasteiger partial charge in [0.2, 0.25) is 5.28 Å². The molecule has 1 N–H and O–H groups in total. The van der Waals surface area contributed by atoms with Gasteiger partial charge in [-0.3, -0.25) is 5.32 Å². The number of halogens is 2. The Bertz CT molecular complexity index is 682. The third kappa shape index (κ3) is 4.58. The average molecular weight is 340 g/mol. The highest BCUT2D eigenvalue weighted by molar-refractivity contribution is 6.33. The summed E-state index contributed by atoms with van der Waals surface area (Å²) in [4.78, 5) is 19.6. The van der Waals surface area contributed by atoms with E-state index in [-0.39, 0.29) is 5.28 Å². The molecule has 1 aromatic heterocycles. The second-order valence-electron chi connectivity index (χ2n) is 5.54. The average Bonchev–Trinajstić information content (AvgIpc) is 2.40. The smallest absolute Gasteiger partial charge is 0.412 e. The van der Waals surface area contributed by atoms with E-state index >= 15 is 0 Å². The van der Waals surface area contributed by atoms with E-state index in [1.165, 1.54) is 6.20 Å². The molecule has 0 radical (unpaired) electrons. The second kappa shape index (κ2) is 6.50. The van der Waals surface area contributed by atoms with Crippen molar-refractivity contribution in [3.8, 4) is 11.3 Å². The largest absolute Gasteiger partial charge is 0.444 e. The molecular weight excluding hydrogens is 325 g/mol. The van der Waals surface area contributed by atoms with E-state index in [1.807, 2.05) is 0 Å². The van der Waals surface area contributed by atoms with Crippen LogP contribution < -0.4 is 5.32 Å². The third-order valence-electron chi connectivity index (χ3n) is 2.52. The summed E-state index contributed by atoms with van der Waals surface area (Å²) in [6.45, 7) is 5.41. The summed E-state index contributed by atoms with van der Waals surface area (Å²) in [6, 6.07) is 7.01. The number of rotatable bonds is 2. The Hall–Kier alpha value is -1.85. The Kier molecular flexibility index (Phi) is 4.88. The molecule has 0 aliphatic heterocycles. The Morgan fingerprint density at radius 2 is 1.82 bits per heavy atom. The van der Waals surface area contributed by atoms with Gasteiger partial charge >= 0.3 is 6.09 Å². The molecule has 0 unspecified atom stereocenters. The fourth-order valence-electron chi connectivity index (χ4n) is 1.68. The molecule has 1 amide bonds. The lowest BCUT2D eigenvalue weighted by Crippen LogP contribution is -2.27. The molecule has 0 aliphatic carbocycles. The van der Waals surface area contributed by atoms with E-state index in [0.717, 1.165) is 5.56 Å². The number of ether oxygens (including phenoxy) is 1. The molecule has 2 rings (SSSR count). The van der Waals surface area contributed by atoms with E-state index in [4.69, 9.17) is 27.9 Å². The first-order valence-corrected chi connectivity index (χ1v) is 7.29. The van der Waals surface area contributed by atoms with Crippen molar-refractivity contribution in [1.82, 2.24) is 9.97 Å². The summed E-state index contributed by atoms with van der Waals surface area (Å²) >= 11 is 11.8. The maximum Gasteiger partial charge on any atom is 0.412 e. The second-order valence-corrected chi connectivity index (χ2v) is 6.29. The van der Waals surface area contributed by atoms with Crippen molar-refractivity contribution in [2.24, 2.45) is 0 Å². The number of carbonyl (C=O) groups is 1. The predicted molar refractivity (Wildman–Crippen MR) is 87.3 cm³/mol. The van der Waals surface area contributed by atoms with E-state index in [1.54, 1.807) is 45.0 Å². The van der Waals surface area contributed by atoms with Crippen LogP contribution in [0.3, 0.4) is 0 Å². The van der Waals surface area contributed by atoms with Gasteiger partial charge in [0.15, 0.2) is 0 Å². The van der Waals surface area contributed by atoms with Crippen molar-refractivity contribution in [3.63, 3.8) is 0 Å². The summed E-state index contributed by atoms with van der Waals surface area (Å²) in [5.74, 6) is 0. The standard InChI is InChI=1S/C15H15Cl2N3O2/c1-15(2,3)22-14(21)19-10-6-4-9(5-7-10)12-11(16)8-18-13(17)20-12/h4-8H,1-3H3,(H,19,21). The highest BCUT2D eigenvalue weighted by Crippen LogP contribution is 2.27. The zero-order valence-electron chi connectivity index (χ0n) is 12.4. The highest BCUT2D eigenvalue weighted by atomic mass is 35.5. The minimum atomic E-state index is -0.546. The first-order chi connectivity index (χ1) is 10.2. The molecule has 2 aromatic rings. The number of nitrogens with zero attached hydrogens (tertiary/aromatic N) is 2. The van der Waals surface area contributed by atoms with Crippen LogP contribution in [0.15, 0.2) is 30.5 Å². The van der Waals surface area contributed by atoms with Crippen molar-refractivity contribution in [1.29, 1.82) is 0 Å². The van der Waals surface area contributed by atoms with E-state index < -0.39 is 11.7 Å². The Labute approximate surface area is 138 Å². The molecule has 1 heterocycles. The van der Waals surface area contributed by atoms with Gasteiger partial charge in [-0.1, -0.05) is 23.7 Å². The summed E-state index contributed by atoms with van der Waals surface area (Å²) in [6.07, 6.45) is 0.933. The molecule has 0 saturated carbocycles. The molecule has 0 atom stereocenters. The lowest BCUT2D eigenvalue weighted by Gasteiger charge is -2.19. The molecule has 1 aromatic carbocycles. The number of nitrogens with one attached hydrogen (secondary N) is 1. The molecule has 5 nitrogen and oxygen atoms in total. The lowest BCUT2D eigenvalue weighted by atomic mass is 10.1. The van der Waals surface area contributed by atoms with Gasteiger partial charge in [0.25, 0.3) is 0 Å². The zero-order chi connectivity index (χ0) is 16.3. The topological polar surface area (TPSA) is 64.1 Å². The number of aromatic nitrogens is 2. The Balaban J connectivity index is 2.14. The monoisotopic (exact) mass is 339 g/mol. The predicted octanol–water partition coefficient (Wildman–Crippen LogP) is 4.80. The maximum absolute atomic E-state index is 11.7. The summed E-state index contributed by atoms with van der Waals surface area (Å²) in [5, 5.41) is 3.17. The fraction of sp³-hybridized carbons (Fsp3) is 0.267. The first kappa shape index (κ1) is 16.5. The van der Waals surface area contributed by atoms with Gasteiger partial charge in [0, 0.05) is 11.3 Å². The molecule has 0 saturated heterocycles. The van der Waals surface area contributed by atoms with Crippen LogP contribution in [0.4, 0.5) is 10.5 Å². The van der Waals surface area contributed by atoms with E-state index in [0.29, 0.717) is 16.4 Å². The van der Waals surface area contributed by atoms with Gasteiger partial charge in [0.05, 0.1) is 16.9 Å². The normalized spacial score (nSPS) is 11.1. The molecule has 22 heavy (non-hydrogen) atoms. The number of benzene rings is 1. The van der Waals surface area contributed by atoms with Gasteiger partial charge in [-0.05, 0) is 44.5 Å². The van der Waals surface area contributed by atoms with Crippen molar-refractivity contribution in [2.75, 3.05) is 5.32 Å². The van der Waals surface area contributed by atoms with Gasteiger partial charge in [-0.15, -0.1) is 0 Å².